The van der Waals surface area contributed by atoms with Gasteiger partial charge < -0.3 is 4.85 Å². The molecular formula is C8H7FN2. The van der Waals surface area contributed by atoms with E-state index in [0.717, 1.165) is 5.56 Å². The van der Waals surface area contributed by atoms with Crippen LogP contribution in [0.5, 0.6) is 0 Å². The summed E-state index contributed by atoms with van der Waals surface area (Å²) in [4.78, 5) is 6.71. The van der Waals surface area contributed by atoms with Gasteiger partial charge in [0.05, 0.1) is 5.56 Å². The third kappa shape index (κ3) is 1.74. The zero-order valence-corrected chi connectivity index (χ0v) is 6.08. The summed E-state index contributed by atoms with van der Waals surface area (Å²) in [5.74, 6) is -0.508. The molecule has 0 saturated heterocycles. The van der Waals surface area contributed by atoms with Gasteiger partial charge in [-0.1, -0.05) is 0 Å². The zero-order chi connectivity index (χ0) is 8.27. The van der Waals surface area contributed by atoms with E-state index in [0.29, 0.717) is 0 Å². The van der Waals surface area contributed by atoms with Crippen LogP contribution in [0.15, 0.2) is 18.3 Å². The van der Waals surface area contributed by atoms with E-state index >= 15 is 0 Å². The second kappa shape index (κ2) is 3.11. The molecule has 0 aliphatic carbocycles. The Balaban J connectivity index is 2.92. The molecule has 0 aliphatic heterocycles. The van der Waals surface area contributed by atoms with Gasteiger partial charge in [0, 0.05) is 13.1 Å². The molecule has 1 unspecified atom stereocenters. The van der Waals surface area contributed by atoms with Crippen LogP contribution < -0.4 is 0 Å². The Morgan fingerprint density at radius 3 is 2.82 bits per heavy atom. The Bertz CT molecular complexity index is 273. The van der Waals surface area contributed by atoms with Crippen LogP contribution in [0.4, 0.5) is 4.39 Å². The number of halogens is 1. The van der Waals surface area contributed by atoms with Gasteiger partial charge in [-0.15, -0.1) is 0 Å². The van der Waals surface area contributed by atoms with E-state index in [1.165, 1.54) is 12.3 Å². The van der Waals surface area contributed by atoms with Gasteiger partial charge in [-0.05, 0) is 12.1 Å². The molecule has 0 aliphatic rings. The number of aromatic nitrogens is 1. The van der Waals surface area contributed by atoms with Crippen molar-refractivity contribution in [2.24, 2.45) is 0 Å². The molecule has 1 rings (SSSR count). The summed E-state index contributed by atoms with van der Waals surface area (Å²) in [5, 5.41) is 0. The monoisotopic (exact) mass is 150 g/mol. The molecular weight excluding hydrogens is 143 g/mol. The van der Waals surface area contributed by atoms with Crippen LogP contribution in [0.25, 0.3) is 4.85 Å². The van der Waals surface area contributed by atoms with E-state index in [1.807, 2.05) is 0 Å². The second-order valence-corrected chi connectivity index (χ2v) is 2.22. The minimum absolute atomic E-state index is 0.233. The SMILES string of the molecule is [C-]#[N+]C(C)c1ccc(F)nc1. The first kappa shape index (κ1) is 7.67. The highest BCUT2D eigenvalue weighted by atomic mass is 19.1. The normalized spacial score (nSPS) is 12.1. The van der Waals surface area contributed by atoms with Gasteiger partial charge in [0.25, 0.3) is 0 Å². The van der Waals surface area contributed by atoms with Crippen LogP contribution in [0.1, 0.15) is 18.5 Å². The quantitative estimate of drug-likeness (QED) is 0.443. The lowest BCUT2D eigenvalue weighted by molar-refractivity contribution is 0.581. The lowest BCUT2D eigenvalue weighted by Crippen LogP contribution is -1.89. The fourth-order valence-corrected chi connectivity index (χ4v) is 0.709. The van der Waals surface area contributed by atoms with Crippen molar-refractivity contribution in [2.45, 2.75) is 13.0 Å². The predicted octanol–water partition coefficient (Wildman–Crippen LogP) is 2.20. The first-order valence-corrected chi connectivity index (χ1v) is 3.22. The van der Waals surface area contributed by atoms with Gasteiger partial charge in [-0.3, -0.25) is 0 Å². The topological polar surface area (TPSA) is 17.2 Å². The highest BCUT2D eigenvalue weighted by molar-refractivity contribution is 5.16. The van der Waals surface area contributed by atoms with Crippen LogP contribution in [-0.4, -0.2) is 4.98 Å². The van der Waals surface area contributed by atoms with Crippen molar-refractivity contribution < 1.29 is 4.39 Å². The molecule has 11 heavy (non-hydrogen) atoms. The van der Waals surface area contributed by atoms with E-state index in [4.69, 9.17) is 6.57 Å². The molecule has 0 saturated carbocycles. The standard InChI is InChI=1S/C8H7FN2/c1-6(10-2)7-3-4-8(9)11-5-7/h3-6H,1H3. The van der Waals surface area contributed by atoms with Crippen molar-refractivity contribution in [1.29, 1.82) is 0 Å². The number of nitrogens with zero attached hydrogens (tertiary/aromatic N) is 2. The van der Waals surface area contributed by atoms with Gasteiger partial charge >= 0.3 is 0 Å². The van der Waals surface area contributed by atoms with Gasteiger partial charge in [-0.2, -0.15) is 4.39 Å². The molecule has 0 bridgehead atoms. The minimum Gasteiger partial charge on any atom is -0.309 e. The summed E-state index contributed by atoms with van der Waals surface area (Å²) >= 11 is 0. The first-order chi connectivity index (χ1) is 5.24. The van der Waals surface area contributed by atoms with Crippen molar-refractivity contribution in [3.8, 4) is 0 Å². The molecule has 1 aromatic heterocycles. The second-order valence-electron chi connectivity index (χ2n) is 2.22. The molecule has 0 radical (unpaired) electrons. The fraction of sp³-hybridized carbons (Fsp3) is 0.250. The summed E-state index contributed by atoms with van der Waals surface area (Å²) in [6.07, 6.45) is 1.39. The summed E-state index contributed by atoms with van der Waals surface area (Å²) < 4.78 is 12.3. The van der Waals surface area contributed by atoms with Crippen molar-refractivity contribution in [3.05, 3.63) is 41.3 Å². The molecule has 3 heteroatoms. The molecule has 1 heterocycles. The van der Waals surface area contributed by atoms with Gasteiger partial charge in [-0.25, -0.2) is 11.6 Å². The zero-order valence-electron chi connectivity index (χ0n) is 6.08. The Hall–Kier alpha value is -1.43. The first-order valence-electron chi connectivity index (χ1n) is 3.22. The molecule has 1 atom stereocenters. The van der Waals surface area contributed by atoms with Crippen LogP contribution >= 0.6 is 0 Å². The van der Waals surface area contributed by atoms with E-state index in [2.05, 4.69) is 9.83 Å². The van der Waals surface area contributed by atoms with Crippen molar-refractivity contribution in [3.63, 3.8) is 0 Å². The Morgan fingerprint density at radius 1 is 1.64 bits per heavy atom. The van der Waals surface area contributed by atoms with Crippen LogP contribution in [0.2, 0.25) is 0 Å². The predicted molar refractivity (Wildman–Crippen MR) is 39.2 cm³/mol. The minimum atomic E-state index is -0.508. The van der Waals surface area contributed by atoms with E-state index in [9.17, 15) is 4.39 Å². The molecule has 0 spiro atoms. The van der Waals surface area contributed by atoms with Gasteiger partial charge in [0.15, 0.2) is 0 Å². The maximum absolute atomic E-state index is 12.3. The maximum atomic E-state index is 12.3. The van der Waals surface area contributed by atoms with E-state index < -0.39 is 5.95 Å². The summed E-state index contributed by atoms with van der Waals surface area (Å²) in [5.41, 5.74) is 0.751. The molecule has 0 fully saturated rings. The van der Waals surface area contributed by atoms with Crippen molar-refractivity contribution >= 4 is 0 Å². The van der Waals surface area contributed by atoms with E-state index in [1.54, 1.807) is 13.0 Å². The van der Waals surface area contributed by atoms with Crippen molar-refractivity contribution in [1.82, 2.24) is 4.98 Å². The molecule has 1 aromatic rings. The smallest absolute Gasteiger partial charge is 0.247 e. The fourth-order valence-electron chi connectivity index (χ4n) is 0.709. The highest BCUT2D eigenvalue weighted by Crippen LogP contribution is 2.14. The Labute approximate surface area is 64.5 Å². The maximum Gasteiger partial charge on any atom is 0.247 e. The average Bonchev–Trinajstić information content (AvgIpc) is 2.05. The van der Waals surface area contributed by atoms with Gasteiger partial charge in [0.2, 0.25) is 12.0 Å². The number of pyridine rings is 1. The number of rotatable bonds is 1. The summed E-state index contributed by atoms with van der Waals surface area (Å²) in [6.45, 7) is 8.46. The number of hydrogen-bond donors (Lipinski definition) is 0. The van der Waals surface area contributed by atoms with Crippen LogP contribution in [0.3, 0.4) is 0 Å². The lowest BCUT2D eigenvalue weighted by atomic mass is 10.2. The van der Waals surface area contributed by atoms with E-state index in [-0.39, 0.29) is 6.04 Å². The Morgan fingerprint density at radius 2 is 2.36 bits per heavy atom. The van der Waals surface area contributed by atoms with Crippen molar-refractivity contribution in [2.75, 3.05) is 0 Å². The third-order valence-corrected chi connectivity index (χ3v) is 1.43. The highest BCUT2D eigenvalue weighted by Gasteiger charge is 2.07. The molecule has 56 valence electrons. The summed E-state index contributed by atoms with van der Waals surface area (Å²) in [7, 11) is 0. The Kier molecular flexibility index (Phi) is 2.17. The number of hydrogen-bond acceptors (Lipinski definition) is 1. The van der Waals surface area contributed by atoms with Crippen LogP contribution in [-0.2, 0) is 0 Å². The lowest BCUT2D eigenvalue weighted by Gasteiger charge is -1.96. The summed E-state index contributed by atoms with van der Waals surface area (Å²) in [6, 6.07) is 2.60. The third-order valence-electron chi connectivity index (χ3n) is 1.43. The molecule has 0 N–H and O–H groups in total. The molecule has 2 nitrogen and oxygen atoms in total. The molecule has 0 amide bonds. The van der Waals surface area contributed by atoms with Gasteiger partial charge in [0.1, 0.15) is 0 Å². The largest absolute Gasteiger partial charge is 0.309 e. The molecule has 0 aromatic carbocycles. The van der Waals surface area contributed by atoms with Crippen LogP contribution in [0, 0.1) is 12.5 Å². The average molecular weight is 150 g/mol.